The van der Waals surface area contributed by atoms with Gasteiger partial charge in [0.15, 0.2) is 5.22 Å². The lowest BCUT2D eigenvalue weighted by Crippen LogP contribution is -2.21. The second-order valence-electron chi connectivity index (χ2n) is 4.02. The fourth-order valence-corrected chi connectivity index (χ4v) is 2.06. The Hall–Kier alpha value is -1.52. The van der Waals surface area contributed by atoms with Crippen LogP contribution in [0.1, 0.15) is 31.2 Å². The number of hydrogen-bond donors (Lipinski definition) is 1. The fraction of sp³-hybridized carbons (Fsp3) is 0.357. The standard InChI is InChI=1S/C14H17ClN2O2/c1-3-17-14(12-5-6-13(15)19-12)10-7-11(18-4-2)9-16-8-10/h5-9,14,17H,3-4H2,1-2H3. The molecular formula is C14H17ClN2O2. The molecule has 0 saturated heterocycles. The summed E-state index contributed by atoms with van der Waals surface area (Å²) in [5.74, 6) is 1.52. The van der Waals surface area contributed by atoms with Crippen LogP contribution in [0.2, 0.25) is 5.22 Å². The van der Waals surface area contributed by atoms with Crippen LogP contribution in [0.25, 0.3) is 0 Å². The second kappa shape index (κ2) is 6.59. The molecule has 0 aliphatic rings. The lowest BCUT2D eigenvalue weighted by Gasteiger charge is -2.16. The van der Waals surface area contributed by atoms with Crippen LogP contribution in [0.3, 0.4) is 0 Å². The first kappa shape index (κ1) is 13.9. The molecule has 0 bridgehead atoms. The Morgan fingerprint density at radius 3 is 2.84 bits per heavy atom. The van der Waals surface area contributed by atoms with E-state index in [4.69, 9.17) is 20.8 Å². The zero-order chi connectivity index (χ0) is 13.7. The SMILES string of the molecule is CCNC(c1cncc(OCC)c1)c1ccc(Cl)o1. The summed E-state index contributed by atoms with van der Waals surface area (Å²) in [5, 5.41) is 3.73. The van der Waals surface area contributed by atoms with E-state index in [1.807, 2.05) is 26.0 Å². The van der Waals surface area contributed by atoms with E-state index < -0.39 is 0 Å². The summed E-state index contributed by atoms with van der Waals surface area (Å²) in [4.78, 5) is 4.20. The van der Waals surface area contributed by atoms with Crippen molar-refractivity contribution >= 4 is 11.6 Å². The molecule has 0 aromatic carbocycles. The van der Waals surface area contributed by atoms with Gasteiger partial charge >= 0.3 is 0 Å². The van der Waals surface area contributed by atoms with Gasteiger partial charge in [-0.1, -0.05) is 6.92 Å². The Kier molecular flexibility index (Phi) is 4.82. The number of ether oxygens (including phenoxy) is 1. The van der Waals surface area contributed by atoms with Gasteiger partial charge in [0.05, 0.1) is 18.8 Å². The van der Waals surface area contributed by atoms with Gasteiger partial charge in [-0.2, -0.15) is 0 Å². The monoisotopic (exact) mass is 280 g/mol. The number of furan rings is 1. The maximum atomic E-state index is 5.84. The van der Waals surface area contributed by atoms with Crippen molar-refractivity contribution in [2.75, 3.05) is 13.2 Å². The van der Waals surface area contributed by atoms with E-state index in [2.05, 4.69) is 10.3 Å². The Bertz CT molecular complexity index is 528. The lowest BCUT2D eigenvalue weighted by atomic mass is 10.1. The predicted molar refractivity (Wildman–Crippen MR) is 74.6 cm³/mol. The van der Waals surface area contributed by atoms with Gasteiger partial charge < -0.3 is 14.5 Å². The first-order chi connectivity index (χ1) is 9.24. The molecule has 4 nitrogen and oxygen atoms in total. The summed E-state index contributed by atoms with van der Waals surface area (Å²) < 4.78 is 11.0. The Morgan fingerprint density at radius 1 is 1.37 bits per heavy atom. The van der Waals surface area contributed by atoms with Crippen molar-refractivity contribution in [3.63, 3.8) is 0 Å². The van der Waals surface area contributed by atoms with E-state index >= 15 is 0 Å². The number of hydrogen-bond acceptors (Lipinski definition) is 4. The van der Waals surface area contributed by atoms with Gasteiger partial charge in [0, 0.05) is 6.20 Å². The van der Waals surface area contributed by atoms with Gasteiger partial charge in [0.25, 0.3) is 0 Å². The van der Waals surface area contributed by atoms with Crippen LogP contribution in [-0.4, -0.2) is 18.1 Å². The number of aromatic nitrogens is 1. The molecule has 2 heterocycles. The zero-order valence-corrected chi connectivity index (χ0v) is 11.8. The highest BCUT2D eigenvalue weighted by molar-refractivity contribution is 6.28. The van der Waals surface area contributed by atoms with Gasteiger partial charge in [-0.25, -0.2) is 0 Å². The van der Waals surface area contributed by atoms with Gasteiger partial charge in [0.1, 0.15) is 11.5 Å². The summed E-state index contributed by atoms with van der Waals surface area (Å²) in [7, 11) is 0. The largest absolute Gasteiger partial charge is 0.492 e. The van der Waals surface area contributed by atoms with Gasteiger partial charge in [0.2, 0.25) is 0 Å². The van der Waals surface area contributed by atoms with E-state index in [1.165, 1.54) is 0 Å². The molecule has 1 N–H and O–H groups in total. The van der Waals surface area contributed by atoms with Crippen molar-refractivity contribution in [1.82, 2.24) is 10.3 Å². The fourth-order valence-electron chi connectivity index (χ4n) is 1.91. The molecule has 5 heteroatoms. The molecule has 2 aromatic rings. The number of halogens is 1. The second-order valence-corrected chi connectivity index (χ2v) is 4.39. The molecular weight excluding hydrogens is 264 g/mol. The molecule has 1 unspecified atom stereocenters. The molecule has 102 valence electrons. The molecule has 0 amide bonds. The third-order valence-corrected chi connectivity index (χ3v) is 2.87. The molecule has 0 aliphatic heterocycles. The number of nitrogens with zero attached hydrogens (tertiary/aromatic N) is 1. The van der Waals surface area contributed by atoms with E-state index in [1.54, 1.807) is 18.5 Å². The van der Waals surface area contributed by atoms with Gasteiger partial charge in [-0.3, -0.25) is 4.98 Å². The summed E-state index contributed by atoms with van der Waals surface area (Å²) in [6, 6.07) is 5.48. The van der Waals surface area contributed by atoms with Crippen LogP contribution in [0, 0.1) is 0 Å². The lowest BCUT2D eigenvalue weighted by molar-refractivity contribution is 0.337. The van der Waals surface area contributed by atoms with Crippen molar-refractivity contribution in [2.24, 2.45) is 0 Å². The average molecular weight is 281 g/mol. The first-order valence-corrected chi connectivity index (χ1v) is 6.68. The van der Waals surface area contributed by atoms with Crippen LogP contribution < -0.4 is 10.1 Å². The van der Waals surface area contributed by atoms with Crippen LogP contribution in [0.4, 0.5) is 0 Å². The Balaban J connectivity index is 2.30. The number of rotatable bonds is 6. The summed E-state index contributed by atoms with van der Waals surface area (Å²) in [6.07, 6.45) is 3.50. The summed E-state index contributed by atoms with van der Waals surface area (Å²) in [6.45, 7) is 5.41. The normalized spacial score (nSPS) is 12.4. The number of pyridine rings is 1. The molecule has 19 heavy (non-hydrogen) atoms. The Morgan fingerprint density at radius 2 is 2.21 bits per heavy atom. The van der Waals surface area contributed by atoms with Crippen molar-refractivity contribution in [3.8, 4) is 5.75 Å². The minimum absolute atomic E-state index is 0.0783. The maximum Gasteiger partial charge on any atom is 0.193 e. The van der Waals surface area contributed by atoms with Crippen LogP contribution in [0.5, 0.6) is 5.75 Å². The Labute approximate surface area is 117 Å². The molecule has 0 radical (unpaired) electrons. The zero-order valence-electron chi connectivity index (χ0n) is 11.0. The summed E-state index contributed by atoms with van der Waals surface area (Å²) >= 11 is 5.84. The van der Waals surface area contributed by atoms with Crippen molar-refractivity contribution in [3.05, 3.63) is 47.1 Å². The third kappa shape index (κ3) is 3.49. The molecule has 0 spiro atoms. The topological polar surface area (TPSA) is 47.3 Å². The van der Waals surface area contributed by atoms with Crippen molar-refractivity contribution < 1.29 is 9.15 Å². The quantitative estimate of drug-likeness (QED) is 0.881. The van der Waals surface area contributed by atoms with Gasteiger partial charge in [-0.05, 0) is 48.8 Å². The van der Waals surface area contributed by atoms with E-state index in [9.17, 15) is 0 Å². The maximum absolute atomic E-state index is 5.84. The predicted octanol–water partition coefficient (Wildman–Crippen LogP) is 3.43. The minimum atomic E-state index is -0.0783. The third-order valence-electron chi connectivity index (χ3n) is 2.67. The van der Waals surface area contributed by atoms with Crippen LogP contribution in [0.15, 0.2) is 35.0 Å². The minimum Gasteiger partial charge on any atom is -0.492 e. The smallest absolute Gasteiger partial charge is 0.193 e. The summed E-state index contributed by atoms with van der Waals surface area (Å²) in [5.41, 5.74) is 0.985. The first-order valence-electron chi connectivity index (χ1n) is 6.31. The van der Waals surface area contributed by atoms with E-state index in [0.29, 0.717) is 11.8 Å². The molecule has 0 saturated carbocycles. The highest BCUT2D eigenvalue weighted by atomic mass is 35.5. The number of nitrogens with one attached hydrogen (secondary N) is 1. The van der Waals surface area contributed by atoms with Crippen LogP contribution >= 0.6 is 11.6 Å². The highest BCUT2D eigenvalue weighted by Crippen LogP contribution is 2.27. The average Bonchev–Trinajstić information content (AvgIpc) is 2.83. The molecule has 2 rings (SSSR count). The van der Waals surface area contributed by atoms with E-state index in [-0.39, 0.29) is 6.04 Å². The van der Waals surface area contributed by atoms with Crippen LogP contribution in [-0.2, 0) is 0 Å². The molecule has 1 atom stereocenters. The van der Waals surface area contributed by atoms with E-state index in [0.717, 1.165) is 23.6 Å². The molecule has 2 aromatic heterocycles. The van der Waals surface area contributed by atoms with Gasteiger partial charge in [-0.15, -0.1) is 0 Å². The van der Waals surface area contributed by atoms with Crippen molar-refractivity contribution in [2.45, 2.75) is 19.9 Å². The molecule has 0 aliphatic carbocycles. The molecule has 0 fully saturated rings. The highest BCUT2D eigenvalue weighted by Gasteiger charge is 2.17. The van der Waals surface area contributed by atoms with Crippen molar-refractivity contribution in [1.29, 1.82) is 0 Å².